The molecule has 0 aromatic heterocycles. The van der Waals surface area contributed by atoms with Crippen LogP contribution < -0.4 is 4.74 Å². The topological polar surface area (TPSA) is 65.0 Å². The highest BCUT2D eigenvalue weighted by Gasteiger charge is 2.12. The zero-order valence-electron chi connectivity index (χ0n) is 6.89. The summed E-state index contributed by atoms with van der Waals surface area (Å²) in [6, 6.07) is 6.39. The van der Waals surface area contributed by atoms with Crippen LogP contribution in [-0.2, 0) is 4.84 Å². The van der Waals surface area contributed by atoms with Gasteiger partial charge in [0.2, 0.25) is 0 Å². The zero-order valence-corrected chi connectivity index (χ0v) is 6.89. The van der Waals surface area contributed by atoms with Gasteiger partial charge >= 0.3 is 5.97 Å². The minimum absolute atomic E-state index is 0.171. The minimum Gasteiger partial charge on any atom is -0.496 e. The maximum Gasteiger partial charge on any atom is 0.373 e. The van der Waals surface area contributed by atoms with Crippen molar-refractivity contribution in [3.05, 3.63) is 34.7 Å². The van der Waals surface area contributed by atoms with E-state index in [-0.39, 0.29) is 5.56 Å². The first kappa shape index (κ1) is 9.18. The molecule has 68 valence electrons. The van der Waals surface area contributed by atoms with E-state index in [2.05, 4.69) is 4.84 Å². The molecule has 13 heavy (non-hydrogen) atoms. The van der Waals surface area contributed by atoms with Crippen LogP contribution in [0, 0.1) is 4.91 Å². The van der Waals surface area contributed by atoms with Gasteiger partial charge in [-0.2, -0.15) is 0 Å². The number of carbonyl (C=O) groups is 1. The molecule has 0 saturated heterocycles. The summed E-state index contributed by atoms with van der Waals surface area (Å²) in [7, 11) is 1.42. The largest absolute Gasteiger partial charge is 0.496 e. The highest BCUT2D eigenvalue weighted by Crippen LogP contribution is 2.17. The van der Waals surface area contributed by atoms with Gasteiger partial charge in [-0.25, -0.2) is 4.79 Å². The fraction of sp³-hybridized carbons (Fsp3) is 0.125. The van der Waals surface area contributed by atoms with Crippen molar-refractivity contribution in [2.45, 2.75) is 0 Å². The first-order valence-corrected chi connectivity index (χ1v) is 3.46. The Morgan fingerprint density at radius 2 is 2.08 bits per heavy atom. The van der Waals surface area contributed by atoms with E-state index < -0.39 is 5.97 Å². The van der Waals surface area contributed by atoms with Gasteiger partial charge < -0.3 is 4.74 Å². The summed E-state index contributed by atoms with van der Waals surface area (Å²) in [5.74, 6) is -0.483. The Labute approximate surface area is 74.2 Å². The van der Waals surface area contributed by atoms with Gasteiger partial charge in [-0.05, 0) is 12.1 Å². The van der Waals surface area contributed by atoms with Crippen LogP contribution in [0.25, 0.3) is 0 Å². The van der Waals surface area contributed by atoms with E-state index >= 15 is 0 Å². The van der Waals surface area contributed by atoms with Crippen molar-refractivity contribution in [3.8, 4) is 5.75 Å². The average Bonchev–Trinajstić information content (AvgIpc) is 2.18. The minimum atomic E-state index is -0.826. The van der Waals surface area contributed by atoms with Crippen molar-refractivity contribution in [2.24, 2.45) is 5.34 Å². The molecule has 0 amide bonds. The van der Waals surface area contributed by atoms with Crippen molar-refractivity contribution in [3.63, 3.8) is 0 Å². The predicted molar refractivity (Wildman–Crippen MR) is 44.2 cm³/mol. The van der Waals surface area contributed by atoms with Gasteiger partial charge in [0.25, 0.3) is 0 Å². The molecule has 0 radical (unpaired) electrons. The maximum atomic E-state index is 11.0. The summed E-state index contributed by atoms with van der Waals surface area (Å²) in [6.07, 6.45) is 0. The molecule has 1 aromatic rings. The van der Waals surface area contributed by atoms with Crippen LogP contribution in [-0.4, -0.2) is 13.1 Å². The lowest BCUT2D eigenvalue weighted by Crippen LogP contribution is -2.02. The molecule has 0 fully saturated rings. The highest BCUT2D eigenvalue weighted by molar-refractivity contribution is 5.92. The first-order chi connectivity index (χ1) is 6.29. The Kier molecular flexibility index (Phi) is 2.97. The number of para-hydroxylation sites is 1. The van der Waals surface area contributed by atoms with Crippen molar-refractivity contribution < 1.29 is 14.4 Å². The fourth-order valence-corrected chi connectivity index (χ4v) is 0.896. The molecule has 1 rings (SSSR count). The van der Waals surface area contributed by atoms with Crippen LogP contribution in [0.4, 0.5) is 0 Å². The van der Waals surface area contributed by atoms with E-state index in [0.29, 0.717) is 5.75 Å². The van der Waals surface area contributed by atoms with E-state index in [1.807, 2.05) is 5.34 Å². The molecule has 5 heteroatoms. The van der Waals surface area contributed by atoms with E-state index in [1.165, 1.54) is 13.2 Å². The third-order valence-electron chi connectivity index (χ3n) is 1.45. The average molecular weight is 181 g/mol. The quantitative estimate of drug-likeness (QED) is 0.524. The molecule has 0 bridgehead atoms. The Morgan fingerprint density at radius 3 is 2.69 bits per heavy atom. The SMILES string of the molecule is COc1ccccc1C(=O)ON=O. The normalized spacial score (nSPS) is 9.00. The fourth-order valence-electron chi connectivity index (χ4n) is 0.896. The number of ether oxygens (including phenoxy) is 1. The van der Waals surface area contributed by atoms with Gasteiger partial charge in [-0.1, -0.05) is 12.1 Å². The van der Waals surface area contributed by atoms with E-state index in [4.69, 9.17) is 4.74 Å². The summed E-state index contributed by atoms with van der Waals surface area (Å²) in [5.41, 5.74) is 0.171. The molecule has 0 spiro atoms. The molecule has 1 aromatic carbocycles. The Bertz CT molecular complexity index is 324. The van der Waals surface area contributed by atoms with Gasteiger partial charge in [0.1, 0.15) is 11.3 Å². The number of nitrogens with zero attached hydrogens (tertiary/aromatic N) is 1. The van der Waals surface area contributed by atoms with Gasteiger partial charge in [0.05, 0.1) is 7.11 Å². The maximum absolute atomic E-state index is 11.0. The van der Waals surface area contributed by atoms with Gasteiger partial charge in [-0.15, -0.1) is 4.91 Å². The molecule has 5 nitrogen and oxygen atoms in total. The number of carbonyl (C=O) groups excluding carboxylic acids is 1. The molecule has 0 unspecified atom stereocenters. The van der Waals surface area contributed by atoms with Crippen LogP contribution in [0.2, 0.25) is 0 Å². The second-order valence-corrected chi connectivity index (χ2v) is 2.15. The smallest absolute Gasteiger partial charge is 0.373 e. The number of methoxy groups -OCH3 is 1. The van der Waals surface area contributed by atoms with Gasteiger partial charge in [0, 0.05) is 0 Å². The molecular weight excluding hydrogens is 174 g/mol. The summed E-state index contributed by atoms with van der Waals surface area (Å²) in [5, 5.41) is 2.03. The highest BCUT2D eigenvalue weighted by atomic mass is 16.7. The van der Waals surface area contributed by atoms with Crippen LogP contribution >= 0.6 is 0 Å². The Balaban J connectivity index is 2.98. The summed E-state index contributed by atoms with van der Waals surface area (Å²) in [6.45, 7) is 0. The molecule has 0 aliphatic rings. The molecular formula is C8H7NO4. The summed E-state index contributed by atoms with van der Waals surface area (Å²) >= 11 is 0. The van der Waals surface area contributed by atoms with Crippen molar-refractivity contribution >= 4 is 5.97 Å². The summed E-state index contributed by atoms with van der Waals surface area (Å²) in [4.78, 5) is 24.6. The molecule has 0 saturated carbocycles. The van der Waals surface area contributed by atoms with Crippen LogP contribution in [0.5, 0.6) is 5.75 Å². The lowest BCUT2D eigenvalue weighted by molar-refractivity contribution is 0.0504. The molecule has 0 atom stereocenters. The monoisotopic (exact) mass is 181 g/mol. The molecule has 0 N–H and O–H groups in total. The van der Waals surface area contributed by atoms with Crippen LogP contribution in [0.1, 0.15) is 10.4 Å². The third kappa shape index (κ3) is 2.02. The van der Waals surface area contributed by atoms with E-state index in [1.54, 1.807) is 18.2 Å². The molecule has 0 aliphatic heterocycles. The van der Waals surface area contributed by atoms with E-state index in [0.717, 1.165) is 0 Å². The van der Waals surface area contributed by atoms with Crippen LogP contribution in [0.15, 0.2) is 29.6 Å². The number of hydrogen-bond donors (Lipinski definition) is 0. The van der Waals surface area contributed by atoms with Gasteiger partial charge in [0.15, 0.2) is 5.34 Å². The first-order valence-electron chi connectivity index (χ1n) is 3.46. The standard InChI is InChI=1S/C8H7NO4/c1-12-7-5-3-2-4-6(7)8(10)13-9-11/h2-5H,1H3. The lowest BCUT2D eigenvalue weighted by Gasteiger charge is -2.03. The van der Waals surface area contributed by atoms with Crippen LogP contribution in [0.3, 0.4) is 0 Å². The third-order valence-corrected chi connectivity index (χ3v) is 1.45. The van der Waals surface area contributed by atoms with Crippen molar-refractivity contribution in [1.82, 2.24) is 0 Å². The lowest BCUT2D eigenvalue weighted by atomic mass is 10.2. The summed E-state index contributed by atoms with van der Waals surface area (Å²) < 4.78 is 4.87. The number of benzene rings is 1. The predicted octanol–water partition coefficient (Wildman–Crippen LogP) is 1.53. The zero-order chi connectivity index (χ0) is 9.68. The van der Waals surface area contributed by atoms with Gasteiger partial charge in [-0.3, -0.25) is 4.84 Å². The van der Waals surface area contributed by atoms with Crippen molar-refractivity contribution in [1.29, 1.82) is 0 Å². The molecule has 0 heterocycles. The second-order valence-electron chi connectivity index (χ2n) is 2.15. The second kappa shape index (κ2) is 4.20. The molecule has 0 aliphatic carbocycles. The number of rotatable bonds is 3. The Hall–Kier alpha value is -1.91. The Morgan fingerprint density at radius 1 is 1.38 bits per heavy atom. The van der Waals surface area contributed by atoms with E-state index in [9.17, 15) is 9.70 Å². The number of hydrogen-bond acceptors (Lipinski definition) is 5. The van der Waals surface area contributed by atoms with Crippen molar-refractivity contribution in [2.75, 3.05) is 7.11 Å².